The van der Waals surface area contributed by atoms with Crippen molar-refractivity contribution in [3.63, 3.8) is 0 Å². The van der Waals surface area contributed by atoms with Crippen molar-refractivity contribution in [2.75, 3.05) is 20.1 Å². The Kier molecular flexibility index (Phi) is 14.4. The van der Waals surface area contributed by atoms with Crippen LogP contribution in [-0.2, 0) is 33.9 Å². The molecule has 0 fully saturated rings. The molecule has 0 saturated heterocycles. The molecule has 5 aromatic rings. The second-order valence-corrected chi connectivity index (χ2v) is 15.7. The zero-order valence-electron chi connectivity index (χ0n) is 31.7. The number of unbranched alkanes of at least 4 members (excludes halogenated alkanes) is 1. The fraction of sp³-hybridized carbons (Fsp3) is 0.357. The van der Waals surface area contributed by atoms with Gasteiger partial charge in [-0.25, -0.2) is 4.98 Å². The Hall–Kier alpha value is -4.73. The third-order valence-corrected chi connectivity index (χ3v) is 12.0. The summed E-state index contributed by atoms with van der Waals surface area (Å²) in [5, 5.41) is 8.26. The number of aromatic nitrogens is 3. The van der Waals surface area contributed by atoms with Crippen molar-refractivity contribution in [3.05, 3.63) is 107 Å². The molecule has 15 heteroatoms. The van der Waals surface area contributed by atoms with Crippen LogP contribution in [0.1, 0.15) is 55.2 Å². The van der Waals surface area contributed by atoms with Crippen molar-refractivity contribution in [1.82, 2.24) is 30.5 Å². The van der Waals surface area contributed by atoms with Crippen molar-refractivity contribution < 1.29 is 23.2 Å². The largest absolute Gasteiger partial charge is 0.361 e. The molecule has 0 bridgehead atoms. The molecule has 7 N–H and O–H groups in total. The van der Waals surface area contributed by atoms with Gasteiger partial charge in [-0.3, -0.25) is 14.4 Å². The number of hydrogen-bond acceptors (Lipinski definition) is 9. The first kappa shape index (κ1) is 41.9. The summed E-state index contributed by atoms with van der Waals surface area (Å²) in [5.74, 6) is -3.55. The smallest absolute Gasteiger partial charge is 0.243 e. The number of amides is 2. The highest BCUT2D eigenvalue weighted by Crippen LogP contribution is 2.40. The molecule has 0 radical (unpaired) electrons. The van der Waals surface area contributed by atoms with E-state index in [1.54, 1.807) is 31.4 Å². The average Bonchev–Trinajstić information content (AvgIpc) is 3.61. The van der Waals surface area contributed by atoms with E-state index in [0.29, 0.717) is 66.2 Å². The number of rotatable bonds is 10. The number of para-hydroxylation sites is 1. The number of Topliss-reactive ketones (excluding diaryl/α,β-unsaturated/α-hetero) is 1. The molecular weight excluding hydrogens is 770 g/mol. The number of ketones is 1. The molecule has 1 aliphatic rings. The monoisotopic (exact) mass is 816 g/mol. The molecule has 2 aromatic carbocycles. The summed E-state index contributed by atoms with van der Waals surface area (Å²) in [5.41, 5.74) is 15.4. The first-order valence-corrected chi connectivity index (χ1v) is 20.3. The molecule has 300 valence electrons. The Bertz CT molecular complexity index is 2200. The number of nitrogens with one attached hydrogen (secondary N) is 3. The van der Waals surface area contributed by atoms with E-state index in [9.17, 15) is 23.2 Å². The van der Waals surface area contributed by atoms with E-state index in [2.05, 4.69) is 25.6 Å². The lowest BCUT2D eigenvalue weighted by molar-refractivity contribution is -0.143. The number of likely N-dealkylation sites (N-methyl/N-ethyl adjacent to an activating group) is 1. The summed E-state index contributed by atoms with van der Waals surface area (Å²) < 4.78 is 28.6. The molecule has 0 spiro atoms. The Balaban J connectivity index is 1.46. The maximum Gasteiger partial charge on any atom is 0.243 e. The Morgan fingerprint density at radius 3 is 2.44 bits per heavy atom. The molecule has 2 amide bonds. The first-order chi connectivity index (χ1) is 27.6. The highest BCUT2D eigenvalue weighted by Gasteiger charge is 2.34. The van der Waals surface area contributed by atoms with Crippen molar-refractivity contribution >= 4 is 51.9 Å². The highest BCUT2D eigenvalue weighted by atomic mass is 35.5. The predicted molar refractivity (Wildman–Crippen MR) is 218 cm³/mol. The third-order valence-electron chi connectivity index (χ3n) is 10.4. The molecule has 11 nitrogen and oxygen atoms in total. The number of benzene rings is 2. The van der Waals surface area contributed by atoms with Crippen LogP contribution >= 0.6 is 23.4 Å². The van der Waals surface area contributed by atoms with Crippen LogP contribution in [0.2, 0.25) is 5.02 Å². The molecule has 0 aliphatic carbocycles. The molecule has 0 unspecified atom stereocenters. The van der Waals surface area contributed by atoms with Crippen LogP contribution in [0.25, 0.3) is 22.0 Å². The van der Waals surface area contributed by atoms with Crippen LogP contribution in [-0.4, -0.2) is 69.7 Å². The number of halogens is 3. The van der Waals surface area contributed by atoms with Gasteiger partial charge in [0.05, 0.1) is 11.1 Å². The number of carbonyl (C=O) groups excluding carboxylic acids is 3. The summed E-state index contributed by atoms with van der Waals surface area (Å²) in [4.78, 5) is 56.4. The van der Waals surface area contributed by atoms with Gasteiger partial charge in [-0.05, 0) is 90.9 Å². The number of nitrogens with two attached hydrogens (primary N) is 2. The lowest BCUT2D eigenvalue weighted by atomic mass is 9.90. The fourth-order valence-corrected chi connectivity index (χ4v) is 8.61. The number of pyridine rings is 2. The maximum atomic E-state index is 14.6. The molecule has 3 atom stereocenters. The molecule has 1 aliphatic heterocycles. The minimum atomic E-state index is -0.991. The van der Waals surface area contributed by atoms with Crippen LogP contribution in [0, 0.1) is 17.8 Å². The number of hydrogen-bond donors (Lipinski definition) is 5. The summed E-state index contributed by atoms with van der Waals surface area (Å²) in [6, 6.07) is 15.4. The zero-order valence-corrected chi connectivity index (χ0v) is 33.3. The van der Waals surface area contributed by atoms with Crippen LogP contribution in [0.4, 0.5) is 8.78 Å². The molecular formula is C42H47ClF2N8O3S. The summed E-state index contributed by atoms with van der Waals surface area (Å²) in [6.45, 7) is 1.08. The third kappa shape index (κ3) is 10.4. The normalized spacial score (nSPS) is 18.6. The van der Waals surface area contributed by atoms with Gasteiger partial charge in [0.2, 0.25) is 23.7 Å². The fourth-order valence-electron chi connectivity index (χ4n) is 7.26. The molecule has 0 saturated carbocycles. The lowest BCUT2D eigenvalue weighted by Crippen LogP contribution is -2.51. The molecule has 6 rings (SSSR count). The summed E-state index contributed by atoms with van der Waals surface area (Å²) in [6.07, 6.45) is 6.44. The standard InChI is InChI=1S/C42H47ClF2N8O3S/c1-53-35(18-29-23-49-33-11-3-2-10-31(29)33)40(55)51-24-30-16-27(28-20-37(44)52-38(45)21-28)17-32(43)39(30)57-41-26(9-7-15-48-41)22-50-34(12-6-14-47)36(54)19-25(42(53)56)8-4-5-13-46/h2-3,7,9-11,15-17,20-21,23,25,34-35,49-50H,4-6,8,12-14,18-19,22,24,46-47H2,1H3,(H,51,55)/t25-,34+,35+/m1/s1. The quantitative estimate of drug-likeness (QED) is 0.0801. The van der Waals surface area contributed by atoms with Crippen molar-refractivity contribution in [1.29, 1.82) is 0 Å². The number of nitrogens with zero attached hydrogens (tertiary/aromatic N) is 3. The van der Waals surface area contributed by atoms with Gasteiger partial charge in [0.25, 0.3) is 0 Å². The number of aromatic amines is 1. The van der Waals surface area contributed by atoms with Gasteiger partial charge in [0, 0.05) is 79.2 Å². The van der Waals surface area contributed by atoms with Gasteiger partial charge < -0.3 is 32.0 Å². The molecule has 57 heavy (non-hydrogen) atoms. The van der Waals surface area contributed by atoms with E-state index < -0.39 is 35.8 Å². The second-order valence-electron chi connectivity index (χ2n) is 14.3. The van der Waals surface area contributed by atoms with E-state index >= 15 is 0 Å². The van der Waals surface area contributed by atoms with Gasteiger partial charge in [0.15, 0.2) is 5.78 Å². The van der Waals surface area contributed by atoms with E-state index in [1.807, 2.05) is 36.5 Å². The van der Waals surface area contributed by atoms with E-state index in [0.717, 1.165) is 34.2 Å². The van der Waals surface area contributed by atoms with E-state index in [-0.39, 0.29) is 48.2 Å². The van der Waals surface area contributed by atoms with Crippen LogP contribution in [0.15, 0.2) is 83.0 Å². The second kappa shape index (κ2) is 19.6. The van der Waals surface area contributed by atoms with E-state index in [4.69, 9.17) is 23.1 Å². The Morgan fingerprint density at radius 2 is 1.67 bits per heavy atom. The number of fused-ring (bicyclic) bond motifs is 3. The minimum Gasteiger partial charge on any atom is -0.361 e. The highest BCUT2D eigenvalue weighted by molar-refractivity contribution is 7.99. The Labute approximate surface area is 339 Å². The average molecular weight is 817 g/mol. The van der Waals surface area contributed by atoms with E-state index in [1.165, 1.54) is 16.7 Å². The summed E-state index contributed by atoms with van der Waals surface area (Å²) in [7, 11) is 1.60. The van der Waals surface area contributed by atoms with Gasteiger partial charge in [0.1, 0.15) is 11.1 Å². The zero-order chi connectivity index (χ0) is 40.5. The van der Waals surface area contributed by atoms with Gasteiger partial charge >= 0.3 is 0 Å². The topological polar surface area (TPSA) is 172 Å². The van der Waals surface area contributed by atoms with Crippen LogP contribution in [0.5, 0.6) is 0 Å². The minimum absolute atomic E-state index is 0.0218. The maximum absolute atomic E-state index is 14.6. The SMILES string of the molecule is CN1C(=O)[C@H](CCCCN)CC(=O)[C@H](CCCN)NCc2cccnc2Sc2c(Cl)cc(-c3cc(F)nc(F)c3)cc2CNC(=O)[C@@H]1Cc1c[nH]c2ccccc12. The number of carbonyl (C=O) groups is 3. The molecule has 3 aromatic heterocycles. The van der Waals surface area contributed by atoms with Crippen molar-refractivity contribution in [3.8, 4) is 11.1 Å². The molecule has 4 heterocycles. The van der Waals surface area contributed by atoms with Crippen LogP contribution in [0.3, 0.4) is 0 Å². The van der Waals surface area contributed by atoms with Gasteiger partial charge in [-0.15, -0.1) is 0 Å². The Morgan fingerprint density at radius 1 is 0.912 bits per heavy atom. The van der Waals surface area contributed by atoms with Crippen molar-refractivity contribution in [2.24, 2.45) is 17.4 Å². The predicted octanol–water partition coefficient (Wildman–Crippen LogP) is 6.31. The van der Waals surface area contributed by atoms with Gasteiger partial charge in [-0.1, -0.05) is 54.0 Å². The summed E-state index contributed by atoms with van der Waals surface area (Å²) >= 11 is 8.27. The van der Waals surface area contributed by atoms with Gasteiger partial charge in [-0.2, -0.15) is 13.8 Å². The lowest BCUT2D eigenvalue weighted by Gasteiger charge is -2.31. The van der Waals surface area contributed by atoms with Crippen LogP contribution < -0.4 is 22.1 Å². The first-order valence-electron chi connectivity index (χ1n) is 19.1. The van der Waals surface area contributed by atoms with Crippen molar-refractivity contribution in [2.45, 2.75) is 80.0 Å². The number of H-pyrrole nitrogens is 1.